The maximum Gasteiger partial charge on any atom is 0.324 e. The van der Waals surface area contributed by atoms with Crippen molar-refractivity contribution in [3.63, 3.8) is 0 Å². The van der Waals surface area contributed by atoms with Crippen LogP contribution in [-0.2, 0) is 9.59 Å². The standard InChI is InChI=1S/C17H24N4O4/c1-4-20(12(2)16(23)21-10-9-18-17(21)24)11-15(22)19-13-5-7-14(25-3)8-6-13/h5-8,12H,4,9-11H2,1-3H3,(H,18,24)(H,19,22)/p+1/t12-/m0/s1. The number of anilines is 1. The summed E-state index contributed by atoms with van der Waals surface area (Å²) in [5.74, 6) is 0.263. The van der Waals surface area contributed by atoms with Crippen molar-refractivity contribution in [3.05, 3.63) is 24.3 Å². The number of hydrogen-bond donors (Lipinski definition) is 3. The first kappa shape index (κ1) is 18.7. The highest BCUT2D eigenvalue weighted by Gasteiger charge is 2.35. The van der Waals surface area contributed by atoms with E-state index in [4.69, 9.17) is 4.74 Å². The van der Waals surface area contributed by atoms with Gasteiger partial charge in [-0.15, -0.1) is 0 Å². The monoisotopic (exact) mass is 349 g/mol. The van der Waals surface area contributed by atoms with Crippen molar-refractivity contribution in [2.75, 3.05) is 38.6 Å². The number of hydrogen-bond acceptors (Lipinski definition) is 4. The molecule has 1 heterocycles. The summed E-state index contributed by atoms with van der Waals surface area (Å²) in [6.45, 7) is 5.23. The van der Waals surface area contributed by atoms with Crippen LogP contribution in [0.3, 0.4) is 0 Å². The van der Waals surface area contributed by atoms with Crippen molar-refractivity contribution >= 4 is 23.5 Å². The van der Waals surface area contributed by atoms with Crippen LogP contribution in [0.5, 0.6) is 5.75 Å². The van der Waals surface area contributed by atoms with Gasteiger partial charge in [-0.3, -0.25) is 14.5 Å². The van der Waals surface area contributed by atoms with Gasteiger partial charge in [0.05, 0.1) is 13.7 Å². The van der Waals surface area contributed by atoms with Crippen molar-refractivity contribution in [3.8, 4) is 5.75 Å². The number of carbonyl (C=O) groups is 3. The van der Waals surface area contributed by atoms with Crippen molar-refractivity contribution in [2.24, 2.45) is 0 Å². The Balaban J connectivity index is 1.93. The second-order valence-corrected chi connectivity index (χ2v) is 5.91. The molecule has 2 atom stereocenters. The highest BCUT2D eigenvalue weighted by atomic mass is 16.5. The van der Waals surface area contributed by atoms with Crippen LogP contribution in [0.4, 0.5) is 10.5 Å². The zero-order chi connectivity index (χ0) is 18.4. The molecule has 2 rings (SSSR count). The molecule has 4 amide bonds. The van der Waals surface area contributed by atoms with E-state index in [2.05, 4.69) is 10.6 Å². The van der Waals surface area contributed by atoms with E-state index < -0.39 is 6.04 Å². The molecule has 1 aliphatic heterocycles. The van der Waals surface area contributed by atoms with Crippen LogP contribution < -0.4 is 20.3 Å². The zero-order valence-electron chi connectivity index (χ0n) is 14.8. The molecule has 0 saturated carbocycles. The lowest BCUT2D eigenvalue weighted by atomic mass is 10.2. The van der Waals surface area contributed by atoms with Crippen LogP contribution in [-0.4, -0.2) is 62.1 Å². The van der Waals surface area contributed by atoms with Gasteiger partial charge in [0.2, 0.25) is 0 Å². The lowest BCUT2D eigenvalue weighted by molar-refractivity contribution is -0.904. The molecule has 25 heavy (non-hydrogen) atoms. The van der Waals surface area contributed by atoms with Gasteiger partial charge in [0.25, 0.3) is 11.8 Å². The topological polar surface area (TPSA) is 92.2 Å². The number of quaternary nitrogens is 1. The van der Waals surface area contributed by atoms with E-state index in [0.717, 1.165) is 4.90 Å². The number of benzene rings is 1. The molecule has 8 nitrogen and oxygen atoms in total. The first-order valence-electron chi connectivity index (χ1n) is 8.34. The number of carbonyl (C=O) groups excluding carboxylic acids is 3. The normalized spacial score (nSPS) is 16.1. The Kier molecular flexibility index (Phi) is 6.35. The summed E-state index contributed by atoms with van der Waals surface area (Å²) in [5, 5.41) is 5.42. The Bertz CT molecular complexity index is 632. The number of ether oxygens (including phenoxy) is 1. The van der Waals surface area contributed by atoms with Gasteiger partial charge in [-0.2, -0.15) is 0 Å². The predicted octanol–water partition coefficient (Wildman–Crippen LogP) is -0.521. The fourth-order valence-electron chi connectivity index (χ4n) is 2.76. The summed E-state index contributed by atoms with van der Waals surface area (Å²) >= 11 is 0. The number of urea groups is 1. The third-order valence-electron chi connectivity index (χ3n) is 4.32. The molecule has 8 heteroatoms. The predicted molar refractivity (Wildman–Crippen MR) is 92.6 cm³/mol. The first-order chi connectivity index (χ1) is 12.0. The lowest BCUT2D eigenvalue weighted by Crippen LogP contribution is -3.17. The van der Waals surface area contributed by atoms with Gasteiger partial charge in [-0.05, 0) is 38.1 Å². The maximum atomic E-state index is 12.5. The average molecular weight is 349 g/mol. The zero-order valence-corrected chi connectivity index (χ0v) is 14.8. The van der Waals surface area contributed by atoms with Crippen LogP contribution in [0.1, 0.15) is 13.8 Å². The third-order valence-corrected chi connectivity index (χ3v) is 4.32. The van der Waals surface area contributed by atoms with E-state index in [9.17, 15) is 14.4 Å². The number of amides is 4. The highest BCUT2D eigenvalue weighted by Crippen LogP contribution is 2.14. The number of rotatable bonds is 7. The first-order valence-corrected chi connectivity index (χ1v) is 8.34. The molecular formula is C17H25N4O4+. The summed E-state index contributed by atoms with van der Waals surface area (Å²) in [4.78, 5) is 38.4. The number of nitrogens with zero attached hydrogens (tertiary/aromatic N) is 1. The summed E-state index contributed by atoms with van der Waals surface area (Å²) in [6.07, 6.45) is 0. The number of methoxy groups -OCH3 is 1. The second kappa shape index (κ2) is 8.48. The molecule has 1 aliphatic rings. The molecule has 3 N–H and O–H groups in total. The molecule has 0 radical (unpaired) electrons. The van der Waals surface area contributed by atoms with Gasteiger partial charge in [0.1, 0.15) is 5.75 Å². The molecule has 1 aromatic rings. The van der Waals surface area contributed by atoms with E-state index in [-0.39, 0.29) is 24.4 Å². The van der Waals surface area contributed by atoms with Crippen molar-refractivity contribution < 1.29 is 24.0 Å². The molecule has 1 aromatic carbocycles. The Morgan fingerprint density at radius 2 is 2.04 bits per heavy atom. The van der Waals surface area contributed by atoms with Gasteiger partial charge in [-0.1, -0.05) is 0 Å². The number of nitrogens with one attached hydrogen (secondary N) is 3. The Hall–Kier alpha value is -2.61. The fraction of sp³-hybridized carbons (Fsp3) is 0.471. The van der Waals surface area contributed by atoms with Gasteiger partial charge >= 0.3 is 6.03 Å². The smallest absolute Gasteiger partial charge is 0.324 e. The summed E-state index contributed by atoms with van der Waals surface area (Å²) < 4.78 is 5.08. The maximum absolute atomic E-state index is 12.5. The van der Waals surface area contributed by atoms with E-state index in [1.807, 2.05) is 6.92 Å². The molecule has 0 spiro atoms. The van der Waals surface area contributed by atoms with Gasteiger partial charge < -0.3 is 20.3 Å². The Morgan fingerprint density at radius 3 is 2.56 bits per heavy atom. The fourth-order valence-corrected chi connectivity index (χ4v) is 2.76. The minimum Gasteiger partial charge on any atom is -0.497 e. The molecule has 1 unspecified atom stereocenters. The molecule has 1 fully saturated rings. The minimum atomic E-state index is -0.476. The molecule has 0 bridgehead atoms. The summed E-state index contributed by atoms with van der Waals surface area (Å²) in [5.41, 5.74) is 0.666. The van der Waals surface area contributed by atoms with Crippen molar-refractivity contribution in [2.45, 2.75) is 19.9 Å². The van der Waals surface area contributed by atoms with Crippen molar-refractivity contribution in [1.29, 1.82) is 0 Å². The minimum absolute atomic E-state index is 0.144. The van der Waals surface area contributed by atoms with Gasteiger partial charge in [0.15, 0.2) is 12.6 Å². The lowest BCUT2D eigenvalue weighted by Gasteiger charge is -2.25. The second-order valence-electron chi connectivity index (χ2n) is 5.91. The Morgan fingerprint density at radius 1 is 1.36 bits per heavy atom. The SMILES string of the molecule is CC[NH+](CC(=O)Nc1ccc(OC)cc1)[C@@H](C)C(=O)N1CCNC1=O. The molecule has 0 aliphatic carbocycles. The van der Waals surface area contributed by atoms with Crippen molar-refractivity contribution in [1.82, 2.24) is 10.2 Å². The van der Waals surface area contributed by atoms with E-state index >= 15 is 0 Å². The molecule has 1 saturated heterocycles. The molecule has 136 valence electrons. The van der Waals surface area contributed by atoms with Gasteiger partial charge in [0, 0.05) is 18.8 Å². The molecule has 0 aromatic heterocycles. The van der Waals surface area contributed by atoms with Gasteiger partial charge in [-0.25, -0.2) is 4.79 Å². The quantitative estimate of drug-likeness (QED) is 0.618. The van der Waals surface area contributed by atoms with E-state index in [1.54, 1.807) is 38.3 Å². The van der Waals surface area contributed by atoms with E-state index in [0.29, 0.717) is 31.1 Å². The summed E-state index contributed by atoms with van der Waals surface area (Å²) in [7, 11) is 1.58. The highest BCUT2D eigenvalue weighted by molar-refractivity contribution is 5.97. The average Bonchev–Trinajstić information content (AvgIpc) is 3.05. The van der Waals surface area contributed by atoms with Crippen LogP contribution in [0, 0.1) is 0 Å². The summed E-state index contributed by atoms with van der Waals surface area (Å²) in [6, 6.07) is 6.19. The van der Waals surface area contributed by atoms with Crippen LogP contribution >= 0.6 is 0 Å². The van der Waals surface area contributed by atoms with E-state index in [1.165, 1.54) is 4.90 Å². The Labute approximate surface area is 147 Å². The van der Waals surface area contributed by atoms with Crippen LogP contribution in [0.2, 0.25) is 0 Å². The third kappa shape index (κ3) is 4.69. The van der Waals surface area contributed by atoms with Crippen LogP contribution in [0.15, 0.2) is 24.3 Å². The largest absolute Gasteiger partial charge is 0.497 e. The van der Waals surface area contributed by atoms with Crippen LogP contribution in [0.25, 0.3) is 0 Å². The number of imide groups is 1. The molecular weight excluding hydrogens is 324 g/mol. The number of likely N-dealkylation sites (N-methyl/N-ethyl adjacent to an activating group) is 1.